The van der Waals surface area contributed by atoms with Crippen molar-refractivity contribution >= 4 is 29.1 Å². The molecule has 1 N–H and O–H groups in total. The Balaban J connectivity index is 1.66. The van der Waals surface area contributed by atoms with E-state index < -0.39 is 0 Å². The Hall–Kier alpha value is -2.41. The van der Waals surface area contributed by atoms with Crippen molar-refractivity contribution in [1.82, 2.24) is 4.90 Å². The number of morpholine rings is 1. The molecule has 3 rings (SSSR count). The van der Waals surface area contributed by atoms with E-state index in [1.807, 2.05) is 18.7 Å². The van der Waals surface area contributed by atoms with Gasteiger partial charge in [0.05, 0.1) is 18.1 Å². The molecule has 1 aromatic carbocycles. The first-order chi connectivity index (χ1) is 12.3. The van der Waals surface area contributed by atoms with Gasteiger partial charge in [-0.25, -0.2) is 0 Å². The predicted octanol–water partition coefficient (Wildman–Crippen LogP) is 1.63. The summed E-state index contributed by atoms with van der Waals surface area (Å²) in [7, 11) is 0. The molecule has 2 saturated heterocycles. The highest BCUT2D eigenvalue weighted by atomic mass is 16.5. The number of nitrogens with one attached hydrogen (secondary N) is 1. The van der Waals surface area contributed by atoms with Gasteiger partial charge in [0.25, 0.3) is 0 Å². The molecule has 2 aliphatic heterocycles. The van der Waals surface area contributed by atoms with Crippen LogP contribution in [0.25, 0.3) is 0 Å². The number of nitrogens with zero attached hydrogens (tertiary/aromatic N) is 2. The molecule has 7 heteroatoms. The summed E-state index contributed by atoms with van der Waals surface area (Å²) in [5, 5.41) is 2.70. The third kappa shape index (κ3) is 4.04. The van der Waals surface area contributed by atoms with E-state index in [1.54, 1.807) is 29.2 Å². The lowest BCUT2D eigenvalue weighted by atomic mass is 10.1. The number of anilines is 2. The van der Waals surface area contributed by atoms with Crippen LogP contribution in [0.5, 0.6) is 0 Å². The second kappa shape index (κ2) is 7.45. The lowest BCUT2D eigenvalue weighted by molar-refractivity contribution is -0.147. The quantitative estimate of drug-likeness (QED) is 0.890. The van der Waals surface area contributed by atoms with Crippen molar-refractivity contribution < 1.29 is 19.1 Å². The molecule has 3 amide bonds. The van der Waals surface area contributed by atoms with Crippen LogP contribution in [0.3, 0.4) is 0 Å². The number of rotatable bonds is 3. The Labute approximate surface area is 153 Å². The van der Waals surface area contributed by atoms with Crippen LogP contribution in [0.15, 0.2) is 24.3 Å². The van der Waals surface area contributed by atoms with Crippen LogP contribution in [-0.2, 0) is 19.1 Å². The molecule has 0 aromatic heterocycles. The van der Waals surface area contributed by atoms with E-state index >= 15 is 0 Å². The first kappa shape index (κ1) is 18.4. The van der Waals surface area contributed by atoms with Crippen molar-refractivity contribution in [1.29, 1.82) is 0 Å². The van der Waals surface area contributed by atoms with Gasteiger partial charge in [0.1, 0.15) is 0 Å². The Bertz CT molecular complexity index is 693. The van der Waals surface area contributed by atoms with Crippen molar-refractivity contribution in [2.24, 2.45) is 5.92 Å². The van der Waals surface area contributed by atoms with Crippen molar-refractivity contribution in [3.63, 3.8) is 0 Å². The second-order valence-electron chi connectivity index (χ2n) is 7.13. The SMILES string of the molecule is CC(=O)Nc1ccc(N2C[C@H](C(=O)N3C[C@@H](C)O[C@H](C)C3)CC2=O)cc1. The summed E-state index contributed by atoms with van der Waals surface area (Å²) < 4.78 is 5.68. The molecule has 0 aliphatic carbocycles. The van der Waals surface area contributed by atoms with E-state index in [-0.39, 0.29) is 42.3 Å². The lowest BCUT2D eigenvalue weighted by Gasteiger charge is -2.36. The number of ether oxygens (including phenoxy) is 1. The molecular weight excluding hydrogens is 334 g/mol. The molecule has 0 saturated carbocycles. The molecule has 7 nitrogen and oxygen atoms in total. The summed E-state index contributed by atoms with van der Waals surface area (Å²) >= 11 is 0. The molecule has 2 fully saturated rings. The summed E-state index contributed by atoms with van der Waals surface area (Å²) in [6.07, 6.45) is 0.251. The highest BCUT2D eigenvalue weighted by molar-refractivity contribution is 6.00. The largest absolute Gasteiger partial charge is 0.372 e. The summed E-state index contributed by atoms with van der Waals surface area (Å²) in [6.45, 7) is 6.88. The zero-order chi connectivity index (χ0) is 18.8. The first-order valence-corrected chi connectivity index (χ1v) is 8.95. The molecule has 0 unspecified atom stereocenters. The molecule has 2 aliphatic rings. The van der Waals surface area contributed by atoms with Crippen LogP contribution < -0.4 is 10.2 Å². The Morgan fingerprint density at radius 2 is 1.69 bits per heavy atom. The normalized spacial score (nSPS) is 26.1. The fourth-order valence-electron chi connectivity index (χ4n) is 3.67. The summed E-state index contributed by atoms with van der Waals surface area (Å²) in [6, 6.07) is 7.08. The Morgan fingerprint density at radius 1 is 1.08 bits per heavy atom. The first-order valence-electron chi connectivity index (χ1n) is 8.95. The van der Waals surface area contributed by atoms with Crippen LogP contribution in [-0.4, -0.2) is 54.5 Å². The van der Waals surface area contributed by atoms with E-state index in [2.05, 4.69) is 5.32 Å². The van der Waals surface area contributed by atoms with Gasteiger partial charge >= 0.3 is 0 Å². The number of benzene rings is 1. The summed E-state index contributed by atoms with van der Waals surface area (Å²) in [5.74, 6) is -0.493. The van der Waals surface area contributed by atoms with Gasteiger partial charge in [0, 0.05) is 44.4 Å². The third-order valence-corrected chi connectivity index (χ3v) is 4.70. The Morgan fingerprint density at radius 3 is 2.27 bits per heavy atom. The molecule has 140 valence electrons. The molecular formula is C19H25N3O4. The van der Waals surface area contributed by atoms with Gasteiger partial charge in [-0.3, -0.25) is 14.4 Å². The third-order valence-electron chi connectivity index (χ3n) is 4.70. The van der Waals surface area contributed by atoms with Crippen LogP contribution in [0, 0.1) is 5.92 Å². The molecule has 2 heterocycles. The minimum Gasteiger partial charge on any atom is -0.372 e. The van der Waals surface area contributed by atoms with E-state index in [4.69, 9.17) is 4.74 Å². The average Bonchev–Trinajstić information content (AvgIpc) is 2.95. The van der Waals surface area contributed by atoms with E-state index in [0.717, 1.165) is 5.69 Å². The van der Waals surface area contributed by atoms with Gasteiger partial charge in [0.2, 0.25) is 17.7 Å². The molecule has 3 atom stereocenters. The van der Waals surface area contributed by atoms with E-state index in [1.165, 1.54) is 6.92 Å². The molecule has 0 spiro atoms. The lowest BCUT2D eigenvalue weighted by Crippen LogP contribution is -2.50. The van der Waals surface area contributed by atoms with E-state index in [9.17, 15) is 14.4 Å². The Kier molecular flexibility index (Phi) is 5.27. The maximum Gasteiger partial charge on any atom is 0.228 e. The van der Waals surface area contributed by atoms with Gasteiger partial charge < -0.3 is 19.9 Å². The monoisotopic (exact) mass is 359 g/mol. The maximum atomic E-state index is 12.8. The van der Waals surface area contributed by atoms with Crippen LogP contribution in [0.2, 0.25) is 0 Å². The van der Waals surface area contributed by atoms with Crippen LogP contribution in [0.1, 0.15) is 27.2 Å². The average molecular weight is 359 g/mol. The van der Waals surface area contributed by atoms with Crippen molar-refractivity contribution in [2.75, 3.05) is 29.9 Å². The number of amides is 3. The summed E-state index contributed by atoms with van der Waals surface area (Å²) in [4.78, 5) is 39.8. The minimum absolute atomic E-state index is 0.0113. The van der Waals surface area contributed by atoms with Crippen molar-refractivity contribution in [2.45, 2.75) is 39.4 Å². The zero-order valence-electron chi connectivity index (χ0n) is 15.4. The van der Waals surface area contributed by atoms with Crippen LogP contribution in [0.4, 0.5) is 11.4 Å². The maximum absolute atomic E-state index is 12.8. The predicted molar refractivity (Wildman–Crippen MR) is 97.8 cm³/mol. The number of hydrogen-bond donors (Lipinski definition) is 1. The molecule has 26 heavy (non-hydrogen) atoms. The highest BCUT2D eigenvalue weighted by Crippen LogP contribution is 2.28. The van der Waals surface area contributed by atoms with Crippen LogP contribution >= 0.6 is 0 Å². The zero-order valence-corrected chi connectivity index (χ0v) is 15.4. The smallest absolute Gasteiger partial charge is 0.228 e. The standard InChI is InChI=1S/C19H25N3O4/c1-12-9-21(10-13(2)26-12)19(25)15-8-18(24)22(11-15)17-6-4-16(5-7-17)20-14(3)23/h4-7,12-13,15H,8-11H2,1-3H3,(H,20,23)/t12-,13-,15-/m1/s1. The summed E-state index contributed by atoms with van der Waals surface area (Å²) in [5.41, 5.74) is 1.42. The molecule has 1 aromatic rings. The molecule has 0 radical (unpaired) electrons. The number of carbonyl (C=O) groups is 3. The van der Waals surface area contributed by atoms with Gasteiger partial charge in [-0.15, -0.1) is 0 Å². The van der Waals surface area contributed by atoms with Crippen molar-refractivity contribution in [3.8, 4) is 0 Å². The van der Waals surface area contributed by atoms with Gasteiger partial charge in [-0.2, -0.15) is 0 Å². The molecule has 0 bridgehead atoms. The van der Waals surface area contributed by atoms with Crippen molar-refractivity contribution in [3.05, 3.63) is 24.3 Å². The van der Waals surface area contributed by atoms with E-state index in [0.29, 0.717) is 25.3 Å². The highest BCUT2D eigenvalue weighted by Gasteiger charge is 2.38. The second-order valence-corrected chi connectivity index (χ2v) is 7.13. The number of hydrogen-bond acceptors (Lipinski definition) is 4. The van der Waals surface area contributed by atoms with Gasteiger partial charge in [0.15, 0.2) is 0 Å². The minimum atomic E-state index is -0.324. The van der Waals surface area contributed by atoms with Gasteiger partial charge in [-0.1, -0.05) is 0 Å². The fraction of sp³-hybridized carbons (Fsp3) is 0.526. The van der Waals surface area contributed by atoms with Gasteiger partial charge in [-0.05, 0) is 38.1 Å². The fourth-order valence-corrected chi connectivity index (χ4v) is 3.67. The number of carbonyl (C=O) groups excluding carboxylic acids is 3. The topological polar surface area (TPSA) is 79.0 Å².